The van der Waals surface area contributed by atoms with Crippen LogP contribution in [0.2, 0.25) is 0 Å². The van der Waals surface area contributed by atoms with Crippen LogP contribution in [0.4, 0.5) is 11.4 Å². The molecule has 0 unspecified atom stereocenters. The van der Waals surface area contributed by atoms with E-state index in [9.17, 15) is 0 Å². The number of rotatable bonds is 4. The van der Waals surface area contributed by atoms with Crippen molar-refractivity contribution in [1.29, 1.82) is 0 Å². The Morgan fingerprint density at radius 2 is 1.11 bits per heavy atom. The van der Waals surface area contributed by atoms with Crippen LogP contribution in [0.25, 0.3) is 66.1 Å². The molecule has 0 spiro atoms. The fraction of sp³-hybridized carbons (Fsp3) is 0.0698. The van der Waals surface area contributed by atoms with E-state index in [0.29, 0.717) is 0 Å². The zero-order valence-electron chi connectivity index (χ0n) is 25.8. The standard InChI is InChI=1S/C43H31N3/c1-43(2)38-17-8-7-14-34(38)35-23-22-31(25-39(35)43)45-30-20-18-27(19-21-30)28-10-9-11-29(24-28)40-26-44-41-36-15-5-3-12-32(36)33-13-4-6-16-37(33)42(41)46-40/h3-26,45H,1-2H3. The highest BCUT2D eigenvalue weighted by atomic mass is 14.9. The van der Waals surface area contributed by atoms with Crippen LogP contribution in [-0.2, 0) is 5.41 Å². The molecule has 218 valence electrons. The number of fused-ring (bicyclic) bond motifs is 9. The van der Waals surface area contributed by atoms with Gasteiger partial charge >= 0.3 is 0 Å². The molecule has 1 heterocycles. The Morgan fingerprint density at radius 1 is 0.478 bits per heavy atom. The van der Waals surface area contributed by atoms with Crippen LogP contribution < -0.4 is 5.32 Å². The van der Waals surface area contributed by atoms with Gasteiger partial charge in [-0.1, -0.05) is 123 Å². The molecule has 0 saturated heterocycles. The number of anilines is 2. The third-order valence-electron chi connectivity index (χ3n) is 9.68. The Kier molecular flexibility index (Phi) is 5.85. The van der Waals surface area contributed by atoms with Crippen molar-refractivity contribution in [2.75, 3.05) is 5.32 Å². The molecular weight excluding hydrogens is 558 g/mol. The van der Waals surface area contributed by atoms with Gasteiger partial charge in [0.2, 0.25) is 0 Å². The first-order valence-electron chi connectivity index (χ1n) is 15.8. The largest absolute Gasteiger partial charge is 0.356 e. The molecule has 3 nitrogen and oxygen atoms in total. The first kappa shape index (κ1) is 26.6. The molecule has 46 heavy (non-hydrogen) atoms. The number of nitrogens with zero attached hydrogens (tertiary/aromatic N) is 2. The van der Waals surface area contributed by atoms with Crippen molar-refractivity contribution in [3.05, 3.63) is 157 Å². The minimum atomic E-state index is -0.0191. The van der Waals surface area contributed by atoms with Crippen LogP contribution in [0.5, 0.6) is 0 Å². The van der Waals surface area contributed by atoms with Gasteiger partial charge in [-0.25, -0.2) is 4.98 Å². The molecule has 0 bridgehead atoms. The maximum atomic E-state index is 5.20. The Balaban J connectivity index is 1.02. The van der Waals surface area contributed by atoms with Gasteiger partial charge in [0.25, 0.3) is 0 Å². The van der Waals surface area contributed by atoms with Gasteiger partial charge in [0, 0.05) is 33.1 Å². The molecule has 0 atom stereocenters. The summed E-state index contributed by atoms with van der Waals surface area (Å²) in [6.45, 7) is 4.63. The molecule has 1 aromatic heterocycles. The SMILES string of the molecule is CC1(C)c2ccccc2-c2ccc(Nc3ccc(-c4cccc(-c5cnc6c7ccccc7c7ccccc7c6n5)c4)cc3)cc21. The monoisotopic (exact) mass is 589 g/mol. The molecular formula is C43H31N3. The quantitative estimate of drug-likeness (QED) is 0.208. The van der Waals surface area contributed by atoms with E-state index < -0.39 is 0 Å². The van der Waals surface area contributed by atoms with E-state index in [1.165, 1.54) is 33.0 Å². The van der Waals surface area contributed by atoms with E-state index in [4.69, 9.17) is 9.97 Å². The van der Waals surface area contributed by atoms with Gasteiger partial charge < -0.3 is 5.32 Å². The molecule has 0 radical (unpaired) electrons. The molecule has 1 aliphatic rings. The molecule has 0 aliphatic heterocycles. The second-order valence-corrected chi connectivity index (χ2v) is 12.8. The van der Waals surface area contributed by atoms with Crippen LogP contribution in [0, 0.1) is 0 Å². The highest BCUT2D eigenvalue weighted by Crippen LogP contribution is 2.49. The molecule has 0 amide bonds. The van der Waals surface area contributed by atoms with Crippen molar-refractivity contribution < 1.29 is 0 Å². The first-order valence-corrected chi connectivity index (χ1v) is 15.8. The van der Waals surface area contributed by atoms with E-state index >= 15 is 0 Å². The van der Waals surface area contributed by atoms with Crippen molar-refractivity contribution in [3.8, 4) is 33.5 Å². The predicted octanol–water partition coefficient (Wildman–Crippen LogP) is 11.3. The van der Waals surface area contributed by atoms with E-state index in [2.05, 4.69) is 159 Å². The lowest BCUT2D eigenvalue weighted by atomic mass is 9.82. The molecule has 0 saturated carbocycles. The number of aromatic nitrogens is 2. The Labute approximate surface area is 268 Å². The highest BCUT2D eigenvalue weighted by Gasteiger charge is 2.35. The smallest absolute Gasteiger partial charge is 0.0979 e. The minimum absolute atomic E-state index is 0.0191. The number of hydrogen-bond donors (Lipinski definition) is 1. The summed E-state index contributed by atoms with van der Waals surface area (Å²) in [7, 11) is 0. The maximum Gasteiger partial charge on any atom is 0.0979 e. The lowest BCUT2D eigenvalue weighted by molar-refractivity contribution is 0.660. The molecule has 1 aliphatic carbocycles. The minimum Gasteiger partial charge on any atom is -0.356 e. The summed E-state index contributed by atoms with van der Waals surface area (Å²) >= 11 is 0. The number of hydrogen-bond acceptors (Lipinski definition) is 3. The molecule has 3 heteroatoms. The summed E-state index contributed by atoms with van der Waals surface area (Å²) in [6.07, 6.45) is 1.91. The van der Waals surface area contributed by atoms with Crippen molar-refractivity contribution in [1.82, 2.24) is 9.97 Å². The highest BCUT2D eigenvalue weighted by molar-refractivity contribution is 6.23. The van der Waals surface area contributed by atoms with Crippen LogP contribution in [0.3, 0.4) is 0 Å². The van der Waals surface area contributed by atoms with Crippen LogP contribution in [0.15, 0.2) is 146 Å². The van der Waals surface area contributed by atoms with Crippen molar-refractivity contribution in [2.24, 2.45) is 0 Å². The predicted molar refractivity (Wildman–Crippen MR) is 193 cm³/mol. The lowest BCUT2D eigenvalue weighted by Crippen LogP contribution is -2.15. The van der Waals surface area contributed by atoms with Gasteiger partial charge in [0.05, 0.1) is 22.9 Å². The van der Waals surface area contributed by atoms with Gasteiger partial charge in [-0.15, -0.1) is 0 Å². The second kappa shape index (κ2) is 10.1. The second-order valence-electron chi connectivity index (χ2n) is 12.8. The Hall–Kier alpha value is -5.80. The molecule has 8 aromatic rings. The van der Waals surface area contributed by atoms with Crippen LogP contribution >= 0.6 is 0 Å². The van der Waals surface area contributed by atoms with E-state index in [-0.39, 0.29) is 5.41 Å². The Morgan fingerprint density at radius 3 is 1.89 bits per heavy atom. The van der Waals surface area contributed by atoms with Crippen LogP contribution in [-0.4, -0.2) is 9.97 Å². The summed E-state index contributed by atoms with van der Waals surface area (Å²) in [5.41, 5.74) is 13.7. The van der Waals surface area contributed by atoms with Gasteiger partial charge in [-0.3, -0.25) is 4.98 Å². The summed E-state index contributed by atoms with van der Waals surface area (Å²) in [5.74, 6) is 0. The Bertz CT molecular complexity index is 2440. The van der Waals surface area contributed by atoms with Crippen molar-refractivity contribution >= 4 is 44.0 Å². The third kappa shape index (κ3) is 4.13. The summed E-state index contributed by atoms with van der Waals surface area (Å²) in [6, 6.07) is 49.7. The van der Waals surface area contributed by atoms with Gasteiger partial charge in [-0.2, -0.15) is 0 Å². The van der Waals surface area contributed by atoms with Gasteiger partial charge in [0.15, 0.2) is 0 Å². The molecule has 0 fully saturated rings. The van der Waals surface area contributed by atoms with Crippen molar-refractivity contribution in [2.45, 2.75) is 19.3 Å². The van der Waals surface area contributed by atoms with Gasteiger partial charge in [0.1, 0.15) is 0 Å². The van der Waals surface area contributed by atoms with E-state index in [1.54, 1.807) is 0 Å². The lowest BCUT2D eigenvalue weighted by Gasteiger charge is -2.22. The van der Waals surface area contributed by atoms with E-state index in [1.807, 2.05) is 6.20 Å². The zero-order chi connectivity index (χ0) is 30.8. The van der Waals surface area contributed by atoms with E-state index in [0.717, 1.165) is 55.6 Å². The first-order chi connectivity index (χ1) is 22.5. The molecule has 7 aromatic carbocycles. The molecule has 1 N–H and O–H groups in total. The average molecular weight is 590 g/mol. The third-order valence-corrected chi connectivity index (χ3v) is 9.68. The van der Waals surface area contributed by atoms with Crippen molar-refractivity contribution in [3.63, 3.8) is 0 Å². The maximum absolute atomic E-state index is 5.20. The summed E-state index contributed by atoms with van der Waals surface area (Å²) in [5, 5.41) is 8.31. The summed E-state index contributed by atoms with van der Waals surface area (Å²) < 4.78 is 0. The average Bonchev–Trinajstić information content (AvgIpc) is 3.34. The summed E-state index contributed by atoms with van der Waals surface area (Å²) in [4.78, 5) is 10.2. The fourth-order valence-corrected chi connectivity index (χ4v) is 7.31. The fourth-order valence-electron chi connectivity index (χ4n) is 7.31. The van der Waals surface area contributed by atoms with Crippen LogP contribution in [0.1, 0.15) is 25.0 Å². The zero-order valence-corrected chi connectivity index (χ0v) is 25.8. The number of benzene rings is 7. The normalized spacial score (nSPS) is 13.2. The topological polar surface area (TPSA) is 37.8 Å². The van der Waals surface area contributed by atoms with Gasteiger partial charge in [-0.05, 0) is 74.5 Å². The molecule has 9 rings (SSSR count). The number of nitrogens with one attached hydrogen (secondary N) is 1.